The van der Waals surface area contributed by atoms with E-state index in [2.05, 4.69) is 9.47 Å². The van der Waals surface area contributed by atoms with Crippen molar-refractivity contribution in [3.05, 3.63) is 24.2 Å². The van der Waals surface area contributed by atoms with E-state index in [0.29, 0.717) is 6.42 Å². The zero-order valence-corrected chi connectivity index (χ0v) is 7.28. The van der Waals surface area contributed by atoms with Crippen molar-refractivity contribution >= 4 is 11.9 Å². The first-order valence-corrected chi connectivity index (χ1v) is 4.04. The third-order valence-electron chi connectivity index (χ3n) is 1.36. The summed E-state index contributed by atoms with van der Waals surface area (Å²) in [5, 5.41) is 0. The first-order valence-electron chi connectivity index (χ1n) is 4.04. The quantitative estimate of drug-likeness (QED) is 0.604. The molecule has 0 bridgehead atoms. The normalized spacial score (nSPS) is 16.2. The van der Waals surface area contributed by atoms with Crippen molar-refractivity contribution in [2.24, 2.45) is 0 Å². The van der Waals surface area contributed by atoms with Gasteiger partial charge in [-0.3, -0.25) is 0 Å². The molecule has 1 aliphatic heterocycles. The minimum absolute atomic E-state index is 0.0261. The molecular formula is C9H10O4. The Labute approximate surface area is 75.8 Å². The van der Waals surface area contributed by atoms with Crippen LogP contribution in [-0.4, -0.2) is 11.9 Å². The Hall–Kier alpha value is -1.58. The fourth-order valence-corrected chi connectivity index (χ4v) is 0.769. The number of carbonyl (C=O) groups is 2. The molecule has 0 aromatic carbocycles. The maximum absolute atomic E-state index is 10.8. The second kappa shape index (κ2) is 4.45. The highest BCUT2D eigenvalue weighted by atomic mass is 16.7. The summed E-state index contributed by atoms with van der Waals surface area (Å²) in [5.41, 5.74) is 0. The van der Waals surface area contributed by atoms with Crippen LogP contribution < -0.4 is 0 Å². The lowest BCUT2D eigenvalue weighted by atomic mass is 10.3. The SMILES string of the molecule is CCCC=C1OC(=O)C=CC(=O)O1. The Bertz CT molecular complexity index is 253. The molecule has 70 valence electrons. The molecule has 0 saturated carbocycles. The number of carbonyl (C=O) groups excluding carboxylic acids is 2. The third kappa shape index (κ3) is 3.11. The van der Waals surface area contributed by atoms with Crippen LogP contribution in [0.15, 0.2) is 24.2 Å². The van der Waals surface area contributed by atoms with Crippen molar-refractivity contribution in [1.29, 1.82) is 0 Å². The lowest BCUT2D eigenvalue weighted by molar-refractivity contribution is -0.145. The fraction of sp³-hybridized carbons (Fsp3) is 0.333. The molecule has 0 fully saturated rings. The van der Waals surface area contributed by atoms with E-state index in [0.717, 1.165) is 18.6 Å². The minimum atomic E-state index is -0.590. The number of rotatable bonds is 2. The molecule has 1 aliphatic rings. The van der Waals surface area contributed by atoms with Gasteiger partial charge in [-0.2, -0.15) is 0 Å². The summed E-state index contributed by atoms with van der Waals surface area (Å²) in [6, 6.07) is 0. The van der Waals surface area contributed by atoms with Crippen LogP contribution in [-0.2, 0) is 19.1 Å². The highest BCUT2D eigenvalue weighted by Gasteiger charge is 2.13. The molecule has 4 nitrogen and oxygen atoms in total. The summed E-state index contributed by atoms with van der Waals surface area (Å²) in [6.45, 7) is 1.97. The van der Waals surface area contributed by atoms with Crippen molar-refractivity contribution < 1.29 is 19.1 Å². The molecule has 1 heterocycles. The molecule has 0 aromatic heterocycles. The summed E-state index contributed by atoms with van der Waals surface area (Å²) in [7, 11) is 0. The number of cyclic esters (lactones) is 2. The monoisotopic (exact) mass is 182 g/mol. The van der Waals surface area contributed by atoms with Gasteiger partial charge in [0.05, 0.1) is 0 Å². The number of hydrogen-bond donors (Lipinski definition) is 0. The van der Waals surface area contributed by atoms with Gasteiger partial charge in [0.1, 0.15) is 0 Å². The van der Waals surface area contributed by atoms with Crippen molar-refractivity contribution in [3.8, 4) is 0 Å². The molecule has 0 aromatic rings. The summed E-state index contributed by atoms with van der Waals surface area (Å²) in [6.07, 6.45) is 5.25. The van der Waals surface area contributed by atoms with E-state index in [1.165, 1.54) is 0 Å². The van der Waals surface area contributed by atoms with Crippen molar-refractivity contribution in [2.45, 2.75) is 19.8 Å². The van der Waals surface area contributed by atoms with Gasteiger partial charge >= 0.3 is 11.9 Å². The molecule has 0 radical (unpaired) electrons. The van der Waals surface area contributed by atoms with Crippen LogP contribution in [0.3, 0.4) is 0 Å². The van der Waals surface area contributed by atoms with E-state index < -0.39 is 11.9 Å². The highest BCUT2D eigenvalue weighted by molar-refractivity contribution is 5.93. The van der Waals surface area contributed by atoms with Gasteiger partial charge in [0, 0.05) is 12.2 Å². The van der Waals surface area contributed by atoms with Crippen molar-refractivity contribution in [3.63, 3.8) is 0 Å². The van der Waals surface area contributed by atoms with Gasteiger partial charge in [-0.1, -0.05) is 13.3 Å². The Morgan fingerprint density at radius 3 is 2.23 bits per heavy atom. The van der Waals surface area contributed by atoms with Crippen molar-refractivity contribution in [1.82, 2.24) is 0 Å². The summed E-state index contributed by atoms with van der Waals surface area (Å²) < 4.78 is 9.35. The minimum Gasteiger partial charge on any atom is -0.390 e. The second-order valence-corrected chi connectivity index (χ2v) is 2.49. The number of hydrogen-bond acceptors (Lipinski definition) is 4. The number of ether oxygens (including phenoxy) is 2. The van der Waals surface area contributed by atoms with E-state index in [9.17, 15) is 9.59 Å². The molecule has 1 rings (SSSR count). The standard InChI is InChI=1S/C9H10O4/c1-2-3-4-9-12-7(10)5-6-8(11)13-9/h4-6H,2-3H2,1H3. The average Bonchev–Trinajstić information content (AvgIpc) is 2.25. The summed E-state index contributed by atoms with van der Waals surface area (Å²) in [4.78, 5) is 21.6. The molecular weight excluding hydrogens is 172 g/mol. The Morgan fingerprint density at radius 2 is 1.77 bits per heavy atom. The van der Waals surface area contributed by atoms with Gasteiger partial charge < -0.3 is 9.47 Å². The van der Waals surface area contributed by atoms with Gasteiger partial charge in [-0.15, -0.1) is 0 Å². The third-order valence-corrected chi connectivity index (χ3v) is 1.36. The van der Waals surface area contributed by atoms with Crippen molar-refractivity contribution in [2.75, 3.05) is 0 Å². The second-order valence-electron chi connectivity index (χ2n) is 2.49. The van der Waals surface area contributed by atoms with Crippen LogP contribution in [0.1, 0.15) is 19.8 Å². The number of esters is 2. The first kappa shape index (κ1) is 9.51. The smallest absolute Gasteiger partial charge is 0.338 e. The Kier molecular flexibility index (Phi) is 3.25. The van der Waals surface area contributed by atoms with Crippen LogP contribution in [0.5, 0.6) is 0 Å². The topological polar surface area (TPSA) is 52.6 Å². The fourth-order valence-electron chi connectivity index (χ4n) is 0.769. The van der Waals surface area contributed by atoms with Crippen LogP contribution in [0.2, 0.25) is 0 Å². The molecule has 13 heavy (non-hydrogen) atoms. The van der Waals surface area contributed by atoms with Crippen LogP contribution in [0, 0.1) is 0 Å². The Balaban J connectivity index is 2.68. The zero-order valence-electron chi connectivity index (χ0n) is 7.28. The maximum Gasteiger partial charge on any atom is 0.338 e. The predicted octanol–water partition coefficient (Wildman–Crippen LogP) is 1.28. The molecule has 4 heteroatoms. The van der Waals surface area contributed by atoms with E-state index in [1.54, 1.807) is 6.08 Å². The van der Waals surface area contributed by atoms with Crippen LogP contribution in [0.4, 0.5) is 0 Å². The maximum atomic E-state index is 10.8. The van der Waals surface area contributed by atoms with Gasteiger partial charge in [-0.05, 0) is 12.5 Å². The van der Waals surface area contributed by atoms with E-state index in [4.69, 9.17) is 0 Å². The highest BCUT2D eigenvalue weighted by Crippen LogP contribution is 2.08. The number of unbranched alkanes of at least 4 members (excludes halogenated alkanes) is 1. The lowest BCUT2D eigenvalue weighted by Gasteiger charge is -2.02. The van der Waals surface area contributed by atoms with Gasteiger partial charge in [0.15, 0.2) is 0 Å². The van der Waals surface area contributed by atoms with E-state index in [-0.39, 0.29) is 5.95 Å². The predicted molar refractivity (Wildman–Crippen MR) is 44.3 cm³/mol. The van der Waals surface area contributed by atoms with Gasteiger partial charge in [-0.25, -0.2) is 9.59 Å². The van der Waals surface area contributed by atoms with E-state index in [1.807, 2.05) is 6.92 Å². The zero-order chi connectivity index (χ0) is 9.68. The molecule has 0 unspecified atom stereocenters. The summed E-state index contributed by atoms with van der Waals surface area (Å²) in [5.74, 6) is -1.21. The molecule has 0 aliphatic carbocycles. The number of allylic oxidation sites excluding steroid dienone is 1. The molecule has 0 N–H and O–H groups in total. The average molecular weight is 182 g/mol. The molecule has 0 spiro atoms. The molecule has 0 amide bonds. The first-order chi connectivity index (χ1) is 6.22. The molecule has 0 atom stereocenters. The Morgan fingerprint density at radius 1 is 1.23 bits per heavy atom. The van der Waals surface area contributed by atoms with Gasteiger partial charge in [0.2, 0.25) is 0 Å². The van der Waals surface area contributed by atoms with Gasteiger partial charge in [0.25, 0.3) is 5.95 Å². The van der Waals surface area contributed by atoms with Crippen LogP contribution in [0.25, 0.3) is 0 Å². The largest absolute Gasteiger partial charge is 0.390 e. The van der Waals surface area contributed by atoms with Crippen LogP contribution >= 0.6 is 0 Å². The van der Waals surface area contributed by atoms with E-state index >= 15 is 0 Å². The summed E-state index contributed by atoms with van der Waals surface area (Å²) >= 11 is 0. The molecule has 0 saturated heterocycles. The lowest BCUT2D eigenvalue weighted by Crippen LogP contribution is -2.02.